The normalized spacial score (nSPS) is 24.0. The van der Waals surface area contributed by atoms with E-state index >= 15 is 0 Å². The summed E-state index contributed by atoms with van der Waals surface area (Å²) in [4.78, 5) is 12.9. The molecule has 1 atom stereocenters. The molecule has 0 spiro atoms. The number of hydrogen-bond acceptors (Lipinski definition) is 2. The van der Waals surface area contributed by atoms with Gasteiger partial charge < -0.3 is 5.32 Å². The van der Waals surface area contributed by atoms with Gasteiger partial charge in [0.1, 0.15) is 0 Å². The maximum Gasteiger partial charge on any atom is 0.234 e. The van der Waals surface area contributed by atoms with Gasteiger partial charge in [0.15, 0.2) is 0 Å². The number of carbonyl (C=O) groups is 1. The maximum atomic E-state index is 10.8. The van der Waals surface area contributed by atoms with Gasteiger partial charge in [-0.05, 0) is 13.5 Å². The molecule has 0 aromatic rings. The fourth-order valence-corrected chi connectivity index (χ4v) is 1.26. The van der Waals surface area contributed by atoms with Gasteiger partial charge in [0.2, 0.25) is 5.91 Å². The zero-order valence-electron chi connectivity index (χ0n) is 8.55. The van der Waals surface area contributed by atoms with Crippen molar-refractivity contribution >= 4 is 5.91 Å². The SMILES string of the molecule is CC.CCC1CNC(=O)CN1C. The second-order valence-corrected chi connectivity index (χ2v) is 2.78. The van der Waals surface area contributed by atoms with Gasteiger partial charge in [-0.2, -0.15) is 0 Å². The third kappa shape index (κ3) is 3.22. The van der Waals surface area contributed by atoms with Gasteiger partial charge in [0.25, 0.3) is 0 Å². The first kappa shape index (κ1) is 11.4. The number of piperazine rings is 1. The number of nitrogens with one attached hydrogen (secondary N) is 1. The predicted molar refractivity (Wildman–Crippen MR) is 51.1 cm³/mol. The highest BCUT2D eigenvalue weighted by Gasteiger charge is 2.20. The summed E-state index contributed by atoms with van der Waals surface area (Å²) >= 11 is 0. The molecule has 0 aliphatic carbocycles. The van der Waals surface area contributed by atoms with Gasteiger partial charge in [-0.15, -0.1) is 0 Å². The van der Waals surface area contributed by atoms with Gasteiger partial charge in [0, 0.05) is 12.6 Å². The highest BCUT2D eigenvalue weighted by molar-refractivity contribution is 5.78. The smallest absolute Gasteiger partial charge is 0.234 e. The maximum absolute atomic E-state index is 10.8. The summed E-state index contributed by atoms with van der Waals surface area (Å²) in [6.45, 7) is 7.50. The van der Waals surface area contributed by atoms with Crippen LogP contribution in [0, 0.1) is 0 Å². The standard InChI is InChI=1S/C7H14N2O.C2H6/c1-3-6-4-8-7(10)5-9(6)2;1-2/h6H,3-5H2,1-2H3,(H,8,10);1-2H3. The minimum absolute atomic E-state index is 0.146. The minimum atomic E-state index is 0.146. The lowest BCUT2D eigenvalue weighted by Crippen LogP contribution is -2.52. The molecule has 3 nitrogen and oxygen atoms in total. The largest absolute Gasteiger partial charge is 0.353 e. The van der Waals surface area contributed by atoms with Gasteiger partial charge in [0.05, 0.1) is 6.54 Å². The molecular formula is C9H20N2O. The number of nitrogens with zero attached hydrogens (tertiary/aromatic N) is 1. The van der Waals surface area contributed by atoms with Crippen molar-refractivity contribution in [1.82, 2.24) is 10.2 Å². The second-order valence-electron chi connectivity index (χ2n) is 2.78. The summed E-state index contributed by atoms with van der Waals surface area (Å²) in [7, 11) is 1.99. The highest BCUT2D eigenvalue weighted by atomic mass is 16.2. The molecule has 0 bridgehead atoms. The Morgan fingerprint density at radius 2 is 2.17 bits per heavy atom. The average Bonchev–Trinajstić information content (AvgIpc) is 2.08. The molecule has 1 heterocycles. The molecule has 1 amide bonds. The lowest BCUT2D eigenvalue weighted by molar-refractivity contribution is -0.124. The molecule has 72 valence electrons. The quantitative estimate of drug-likeness (QED) is 0.636. The van der Waals surface area contributed by atoms with Crippen molar-refractivity contribution in [3.63, 3.8) is 0 Å². The van der Waals surface area contributed by atoms with Gasteiger partial charge in [-0.1, -0.05) is 20.8 Å². The van der Waals surface area contributed by atoms with Crippen LogP contribution >= 0.6 is 0 Å². The van der Waals surface area contributed by atoms with Gasteiger partial charge >= 0.3 is 0 Å². The molecule has 1 N–H and O–H groups in total. The molecule has 1 aliphatic rings. The summed E-state index contributed by atoms with van der Waals surface area (Å²) in [5.41, 5.74) is 0. The van der Waals surface area contributed by atoms with E-state index in [1.165, 1.54) is 0 Å². The van der Waals surface area contributed by atoms with Crippen molar-refractivity contribution in [2.75, 3.05) is 20.1 Å². The Morgan fingerprint density at radius 1 is 1.58 bits per heavy atom. The lowest BCUT2D eigenvalue weighted by Gasteiger charge is -2.31. The van der Waals surface area contributed by atoms with E-state index in [0.717, 1.165) is 13.0 Å². The molecule has 12 heavy (non-hydrogen) atoms. The van der Waals surface area contributed by atoms with Crippen molar-refractivity contribution < 1.29 is 4.79 Å². The van der Waals surface area contributed by atoms with E-state index in [2.05, 4.69) is 17.1 Å². The average molecular weight is 172 g/mol. The van der Waals surface area contributed by atoms with E-state index in [1.54, 1.807) is 0 Å². The summed E-state index contributed by atoms with van der Waals surface area (Å²) in [5.74, 6) is 0.146. The molecule has 1 unspecified atom stereocenters. The van der Waals surface area contributed by atoms with Crippen molar-refractivity contribution in [2.24, 2.45) is 0 Å². The number of amides is 1. The van der Waals surface area contributed by atoms with Crippen LogP contribution in [0.2, 0.25) is 0 Å². The Bertz CT molecular complexity index is 136. The molecule has 1 aliphatic heterocycles. The summed E-state index contributed by atoms with van der Waals surface area (Å²) in [6, 6.07) is 0.540. The monoisotopic (exact) mass is 172 g/mol. The summed E-state index contributed by atoms with van der Waals surface area (Å²) in [5, 5.41) is 2.83. The van der Waals surface area contributed by atoms with Crippen LogP contribution < -0.4 is 5.32 Å². The van der Waals surface area contributed by atoms with Crippen molar-refractivity contribution in [3.05, 3.63) is 0 Å². The molecular weight excluding hydrogens is 152 g/mol. The van der Waals surface area contributed by atoms with Crippen LogP contribution in [0.25, 0.3) is 0 Å². The third-order valence-electron chi connectivity index (χ3n) is 2.02. The molecule has 1 saturated heterocycles. The molecule has 0 aromatic heterocycles. The molecule has 1 rings (SSSR count). The fourth-order valence-electron chi connectivity index (χ4n) is 1.26. The topological polar surface area (TPSA) is 32.3 Å². The summed E-state index contributed by atoms with van der Waals surface area (Å²) in [6.07, 6.45) is 1.11. The first-order valence-electron chi connectivity index (χ1n) is 4.71. The molecule has 0 aromatic carbocycles. The zero-order chi connectivity index (χ0) is 9.56. The van der Waals surface area contributed by atoms with E-state index in [1.807, 2.05) is 20.9 Å². The van der Waals surface area contributed by atoms with E-state index in [0.29, 0.717) is 12.6 Å². The first-order chi connectivity index (χ1) is 5.74. The van der Waals surface area contributed by atoms with Crippen LogP contribution in [-0.2, 0) is 4.79 Å². The molecule has 0 saturated carbocycles. The van der Waals surface area contributed by atoms with E-state index in [-0.39, 0.29) is 5.91 Å². The lowest BCUT2D eigenvalue weighted by atomic mass is 10.1. The minimum Gasteiger partial charge on any atom is -0.353 e. The first-order valence-corrected chi connectivity index (χ1v) is 4.71. The van der Waals surface area contributed by atoms with Gasteiger partial charge in [-0.3, -0.25) is 9.69 Å². The Kier molecular flexibility index (Phi) is 5.72. The van der Waals surface area contributed by atoms with Crippen molar-refractivity contribution in [3.8, 4) is 0 Å². The Labute approximate surface area is 75.1 Å². The van der Waals surface area contributed by atoms with Crippen LogP contribution in [0.1, 0.15) is 27.2 Å². The molecule has 0 radical (unpaired) electrons. The Hall–Kier alpha value is -0.570. The number of carbonyl (C=O) groups excluding carboxylic acids is 1. The van der Waals surface area contributed by atoms with E-state index < -0.39 is 0 Å². The number of likely N-dealkylation sites (N-methyl/N-ethyl adjacent to an activating group) is 1. The number of rotatable bonds is 1. The van der Waals surface area contributed by atoms with Crippen LogP contribution in [0.5, 0.6) is 0 Å². The Balaban J connectivity index is 0.000000561. The van der Waals surface area contributed by atoms with Crippen LogP contribution in [-0.4, -0.2) is 37.0 Å². The molecule has 1 fully saturated rings. The number of hydrogen-bond donors (Lipinski definition) is 1. The third-order valence-corrected chi connectivity index (χ3v) is 2.02. The predicted octanol–water partition coefficient (Wildman–Crippen LogP) is 0.853. The van der Waals surface area contributed by atoms with Crippen LogP contribution in [0.15, 0.2) is 0 Å². The van der Waals surface area contributed by atoms with E-state index in [4.69, 9.17) is 0 Å². The van der Waals surface area contributed by atoms with Crippen molar-refractivity contribution in [1.29, 1.82) is 0 Å². The second kappa shape index (κ2) is 6.00. The van der Waals surface area contributed by atoms with Crippen LogP contribution in [0.4, 0.5) is 0 Å². The zero-order valence-corrected chi connectivity index (χ0v) is 8.55. The van der Waals surface area contributed by atoms with E-state index in [9.17, 15) is 4.79 Å². The Morgan fingerprint density at radius 3 is 2.58 bits per heavy atom. The molecule has 3 heteroatoms. The van der Waals surface area contributed by atoms with Crippen LogP contribution in [0.3, 0.4) is 0 Å². The fraction of sp³-hybridized carbons (Fsp3) is 0.889. The summed E-state index contributed by atoms with van der Waals surface area (Å²) < 4.78 is 0. The van der Waals surface area contributed by atoms with Crippen molar-refractivity contribution in [2.45, 2.75) is 33.2 Å². The van der Waals surface area contributed by atoms with Gasteiger partial charge in [-0.25, -0.2) is 0 Å². The highest BCUT2D eigenvalue weighted by Crippen LogP contribution is 2.03.